The largest absolute Gasteiger partial charge is 0.497 e. The molecule has 3 heteroatoms. The summed E-state index contributed by atoms with van der Waals surface area (Å²) in [5.74, 6) is -0.0191. The number of methoxy groups -OCH3 is 1. The average Bonchev–Trinajstić information content (AvgIpc) is 2.64. The van der Waals surface area contributed by atoms with Crippen molar-refractivity contribution < 1.29 is 14.6 Å². The van der Waals surface area contributed by atoms with Gasteiger partial charge in [-0.2, -0.15) is 0 Å². The Hall–Kier alpha value is -2.29. The Bertz CT molecular complexity index is 676. The minimum absolute atomic E-state index is 0.0814. The third-order valence-corrected chi connectivity index (χ3v) is 4.20. The van der Waals surface area contributed by atoms with Crippen molar-refractivity contribution in [1.29, 1.82) is 0 Å². The molecule has 21 heavy (non-hydrogen) atoms. The van der Waals surface area contributed by atoms with Crippen molar-refractivity contribution >= 4 is 5.97 Å². The van der Waals surface area contributed by atoms with Gasteiger partial charge in [-0.05, 0) is 47.2 Å². The quantitative estimate of drug-likeness (QED) is 0.938. The Morgan fingerprint density at radius 1 is 1.14 bits per heavy atom. The molecule has 0 amide bonds. The van der Waals surface area contributed by atoms with Crippen LogP contribution in [-0.2, 0) is 17.6 Å². The monoisotopic (exact) mass is 282 g/mol. The highest BCUT2D eigenvalue weighted by Crippen LogP contribution is 2.37. The van der Waals surface area contributed by atoms with E-state index in [1.54, 1.807) is 7.11 Å². The van der Waals surface area contributed by atoms with Crippen LogP contribution in [0.4, 0.5) is 0 Å². The van der Waals surface area contributed by atoms with Gasteiger partial charge in [-0.15, -0.1) is 0 Å². The first-order valence-electron chi connectivity index (χ1n) is 7.15. The molecule has 0 heterocycles. The molecule has 3 nitrogen and oxygen atoms in total. The van der Waals surface area contributed by atoms with Crippen LogP contribution in [-0.4, -0.2) is 18.2 Å². The first-order chi connectivity index (χ1) is 10.2. The van der Waals surface area contributed by atoms with E-state index in [9.17, 15) is 9.90 Å². The van der Waals surface area contributed by atoms with E-state index in [0.29, 0.717) is 0 Å². The van der Waals surface area contributed by atoms with Crippen LogP contribution in [0.15, 0.2) is 42.5 Å². The molecule has 1 atom stereocenters. The van der Waals surface area contributed by atoms with Crippen LogP contribution in [0.2, 0.25) is 0 Å². The molecular weight excluding hydrogens is 264 g/mol. The zero-order valence-electron chi connectivity index (χ0n) is 12.0. The third-order valence-electron chi connectivity index (χ3n) is 4.20. The molecule has 0 saturated carbocycles. The highest BCUT2D eigenvalue weighted by molar-refractivity contribution is 5.69. The summed E-state index contributed by atoms with van der Waals surface area (Å²) in [6, 6.07) is 14.1. The number of hydrogen-bond donors (Lipinski definition) is 1. The fourth-order valence-electron chi connectivity index (χ4n) is 3.20. The number of carbonyl (C=O) groups is 1. The molecule has 1 unspecified atom stereocenters. The van der Waals surface area contributed by atoms with E-state index < -0.39 is 5.97 Å². The highest BCUT2D eigenvalue weighted by Gasteiger charge is 2.25. The Morgan fingerprint density at radius 3 is 2.62 bits per heavy atom. The smallest absolute Gasteiger partial charge is 0.304 e. The number of carboxylic acid groups (broad SMARTS) is 1. The lowest BCUT2D eigenvalue weighted by molar-refractivity contribution is -0.137. The lowest BCUT2D eigenvalue weighted by Gasteiger charge is -2.19. The number of rotatable bonds is 3. The summed E-state index contributed by atoms with van der Waals surface area (Å²) in [6.45, 7) is 0. The van der Waals surface area contributed by atoms with E-state index in [0.717, 1.165) is 29.7 Å². The molecule has 0 saturated heterocycles. The van der Waals surface area contributed by atoms with Crippen LogP contribution < -0.4 is 4.74 Å². The van der Waals surface area contributed by atoms with Gasteiger partial charge in [-0.1, -0.05) is 30.3 Å². The molecule has 2 aromatic rings. The molecule has 1 N–H and O–H groups in total. The lowest BCUT2D eigenvalue weighted by atomic mass is 9.85. The Balaban J connectivity index is 2.13. The fourth-order valence-corrected chi connectivity index (χ4v) is 3.20. The number of benzene rings is 2. The minimum Gasteiger partial charge on any atom is -0.497 e. The number of aryl methyl sites for hydroxylation is 2. The van der Waals surface area contributed by atoms with Crippen molar-refractivity contribution in [3.05, 3.63) is 64.7 Å². The van der Waals surface area contributed by atoms with Crippen LogP contribution in [0.25, 0.3) is 0 Å². The molecule has 1 aliphatic rings. The maximum absolute atomic E-state index is 11.3. The van der Waals surface area contributed by atoms with Gasteiger partial charge < -0.3 is 9.84 Å². The maximum Gasteiger partial charge on any atom is 0.304 e. The number of aliphatic carboxylic acids is 1. The molecule has 0 aromatic heterocycles. The standard InChI is InChI=1S/C18H18O3/c1-21-14-8-9-16-13(10-14)7-6-12-4-2-3-5-15(12)17(16)11-18(19)20/h2-5,8-10,17H,6-7,11H2,1H3,(H,19,20). The second kappa shape index (κ2) is 5.60. The summed E-state index contributed by atoms with van der Waals surface area (Å²) in [6.07, 6.45) is 1.97. The van der Waals surface area contributed by atoms with Crippen molar-refractivity contribution in [3.8, 4) is 5.75 Å². The van der Waals surface area contributed by atoms with E-state index in [2.05, 4.69) is 12.1 Å². The van der Waals surface area contributed by atoms with E-state index in [-0.39, 0.29) is 12.3 Å². The first-order valence-corrected chi connectivity index (χ1v) is 7.15. The van der Waals surface area contributed by atoms with E-state index >= 15 is 0 Å². The molecule has 108 valence electrons. The normalized spacial score (nSPS) is 16.5. The second-order valence-electron chi connectivity index (χ2n) is 5.41. The Morgan fingerprint density at radius 2 is 1.86 bits per heavy atom. The van der Waals surface area contributed by atoms with Gasteiger partial charge in [0.25, 0.3) is 0 Å². The summed E-state index contributed by atoms with van der Waals surface area (Å²) >= 11 is 0. The Labute approximate surface area is 124 Å². The van der Waals surface area contributed by atoms with Crippen molar-refractivity contribution in [2.75, 3.05) is 7.11 Å². The second-order valence-corrected chi connectivity index (χ2v) is 5.41. The van der Waals surface area contributed by atoms with Gasteiger partial charge in [0.1, 0.15) is 5.75 Å². The molecule has 3 rings (SSSR count). The predicted octanol–water partition coefficient (Wildman–Crippen LogP) is 3.40. The highest BCUT2D eigenvalue weighted by atomic mass is 16.5. The SMILES string of the molecule is COc1ccc2c(c1)CCc1ccccc1C2CC(=O)O. The molecule has 0 fully saturated rings. The third kappa shape index (κ3) is 2.64. The summed E-state index contributed by atoms with van der Waals surface area (Å²) in [5, 5.41) is 9.28. The van der Waals surface area contributed by atoms with Gasteiger partial charge in [-0.3, -0.25) is 4.79 Å². The molecule has 0 bridgehead atoms. The predicted molar refractivity (Wildman–Crippen MR) is 80.9 cm³/mol. The molecule has 0 aliphatic heterocycles. The molecule has 2 aromatic carbocycles. The summed E-state index contributed by atoms with van der Waals surface area (Å²) in [7, 11) is 1.65. The van der Waals surface area contributed by atoms with Crippen LogP contribution in [0.5, 0.6) is 5.75 Å². The van der Waals surface area contributed by atoms with Gasteiger partial charge >= 0.3 is 5.97 Å². The minimum atomic E-state index is -0.765. The van der Waals surface area contributed by atoms with Crippen molar-refractivity contribution in [3.63, 3.8) is 0 Å². The first kappa shape index (κ1) is 13.7. The molecular formula is C18H18O3. The Kier molecular flexibility index (Phi) is 3.65. The summed E-state index contributed by atoms with van der Waals surface area (Å²) < 4.78 is 5.30. The van der Waals surface area contributed by atoms with E-state index in [4.69, 9.17) is 4.74 Å². The topological polar surface area (TPSA) is 46.5 Å². The van der Waals surface area contributed by atoms with Crippen LogP contribution >= 0.6 is 0 Å². The van der Waals surface area contributed by atoms with E-state index in [1.807, 2.05) is 30.3 Å². The molecule has 1 aliphatic carbocycles. The van der Waals surface area contributed by atoms with Gasteiger partial charge in [0.15, 0.2) is 0 Å². The van der Waals surface area contributed by atoms with E-state index in [1.165, 1.54) is 11.1 Å². The summed E-state index contributed by atoms with van der Waals surface area (Å²) in [4.78, 5) is 11.3. The maximum atomic E-state index is 11.3. The van der Waals surface area contributed by atoms with Gasteiger partial charge in [0, 0.05) is 5.92 Å². The number of hydrogen-bond acceptors (Lipinski definition) is 2. The fraction of sp³-hybridized carbons (Fsp3) is 0.278. The molecule has 0 spiro atoms. The van der Waals surface area contributed by atoms with Gasteiger partial charge in [0.05, 0.1) is 13.5 Å². The average molecular weight is 282 g/mol. The van der Waals surface area contributed by atoms with Crippen molar-refractivity contribution in [1.82, 2.24) is 0 Å². The number of carboxylic acids is 1. The van der Waals surface area contributed by atoms with Gasteiger partial charge in [-0.25, -0.2) is 0 Å². The number of ether oxygens (including phenoxy) is 1. The lowest BCUT2D eigenvalue weighted by Crippen LogP contribution is -2.09. The van der Waals surface area contributed by atoms with Crippen LogP contribution in [0.1, 0.15) is 34.6 Å². The van der Waals surface area contributed by atoms with Crippen molar-refractivity contribution in [2.45, 2.75) is 25.2 Å². The van der Waals surface area contributed by atoms with Gasteiger partial charge in [0.2, 0.25) is 0 Å². The zero-order chi connectivity index (χ0) is 14.8. The zero-order valence-corrected chi connectivity index (χ0v) is 12.0. The van der Waals surface area contributed by atoms with Crippen molar-refractivity contribution in [2.24, 2.45) is 0 Å². The van der Waals surface area contributed by atoms with Crippen LogP contribution in [0, 0.1) is 0 Å². The number of fused-ring (bicyclic) bond motifs is 2. The molecule has 0 radical (unpaired) electrons. The van der Waals surface area contributed by atoms with Crippen LogP contribution in [0.3, 0.4) is 0 Å². The summed E-state index contributed by atoms with van der Waals surface area (Å²) in [5.41, 5.74) is 4.70.